The number of para-hydroxylation sites is 1. The van der Waals surface area contributed by atoms with Crippen LogP contribution < -0.4 is 5.32 Å². The summed E-state index contributed by atoms with van der Waals surface area (Å²) >= 11 is 12.4. The number of aromatic nitrogens is 2. The van der Waals surface area contributed by atoms with Gasteiger partial charge in [-0.3, -0.25) is 9.78 Å². The summed E-state index contributed by atoms with van der Waals surface area (Å²) in [7, 11) is 0. The number of amides is 1. The van der Waals surface area contributed by atoms with Crippen molar-refractivity contribution in [3.05, 3.63) is 88.7 Å². The second-order valence-corrected chi connectivity index (χ2v) is 7.83. The van der Waals surface area contributed by atoms with Gasteiger partial charge >= 0.3 is 0 Å². The molecular formula is C24H15Cl2N3O2. The summed E-state index contributed by atoms with van der Waals surface area (Å²) in [6, 6.07) is 17.7. The number of benzene rings is 3. The monoisotopic (exact) mass is 447 g/mol. The molecule has 0 atom stereocenters. The first-order valence-electron chi connectivity index (χ1n) is 9.47. The zero-order valence-electron chi connectivity index (χ0n) is 16.0. The van der Waals surface area contributed by atoms with Crippen molar-refractivity contribution < 1.29 is 9.90 Å². The van der Waals surface area contributed by atoms with E-state index in [0.29, 0.717) is 11.2 Å². The van der Waals surface area contributed by atoms with Gasteiger partial charge in [0, 0.05) is 34.2 Å². The Morgan fingerprint density at radius 2 is 1.68 bits per heavy atom. The first kappa shape index (κ1) is 19.4. The fraction of sp³-hybridized carbons (Fsp3) is 0. The number of carbonyl (C=O) groups is 1. The molecule has 2 aromatic heterocycles. The molecule has 0 saturated heterocycles. The lowest BCUT2D eigenvalue weighted by Gasteiger charge is -2.12. The van der Waals surface area contributed by atoms with Gasteiger partial charge in [-0.15, -0.1) is 0 Å². The summed E-state index contributed by atoms with van der Waals surface area (Å²) in [6.07, 6.45) is 3.53. The molecule has 0 radical (unpaired) electrons. The third kappa shape index (κ3) is 3.28. The molecule has 31 heavy (non-hydrogen) atoms. The predicted octanol–water partition coefficient (Wildman–Crippen LogP) is 6.65. The Morgan fingerprint density at radius 3 is 2.48 bits per heavy atom. The van der Waals surface area contributed by atoms with E-state index in [9.17, 15) is 9.90 Å². The molecule has 0 spiro atoms. The Morgan fingerprint density at radius 1 is 0.935 bits per heavy atom. The summed E-state index contributed by atoms with van der Waals surface area (Å²) in [5, 5.41) is 15.4. The van der Waals surface area contributed by atoms with Gasteiger partial charge in [0.25, 0.3) is 5.91 Å². The number of pyridine rings is 1. The molecule has 152 valence electrons. The predicted molar refractivity (Wildman–Crippen MR) is 125 cm³/mol. The number of hydrogen-bond donors (Lipinski definition) is 3. The quantitative estimate of drug-likeness (QED) is 0.289. The van der Waals surface area contributed by atoms with Gasteiger partial charge in [-0.05, 0) is 42.0 Å². The van der Waals surface area contributed by atoms with Crippen LogP contribution in [0.5, 0.6) is 5.75 Å². The van der Waals surface area contributed by atoms with Crippen LogP contribution in [-0.4, -0.2) is 21.0 Å². The highest BCUT2D eigenvalue weighted by Gasteiger charge is 2.18. The maximum atomic E-state index is 12.9. The number of H-pyrrole nitrogens is 1. The number of phenols is 1. The van der Waals surface area contributed by atoms with Crippen molar-refractivity contribution >= 4 is 56.6 Å². The van der Waals surface area contributed by atoms with Crippen LogP contribution in [0.4, 0.5) is 5.69 Å². The fourth-order valence-corrected chi connectivity index (χ4v) is 4.36. The van der Waals surface area contributed by atoms with Gasteiger partial charge in [0.1, 0.15) is 5.75 Å². The van der Waals surface area contributed by atoms with Crippen LogP contribution in [0.1, 0.15) is 10.4 Å². The van der Waals surface area contributed by atoms with Gasteiger partial charge in [-0.2, -0.15) is 0 Å². The number of halogens is 2. The molecule has 0 aliphatic carbocycles. The van der Waals surface area contributed by atoms with Crippen molar-refractivity contribution in [1.29, 1.82) is 0 Å². The zero-order valence-corrected chi connectivity index (χ0v) is 17.5. The fourth-order valence-electron chi connectivity index (χ4n) is 3.79. The Kier molecular flexibility index (Phi) is 4.77. The number of nitrogens with zero attached hydrogens (tertiary/aromatic N) is 1. The molecule has 0 aliphatic rings. The summed E-state index contributed by atoms with van der Waals surface area (Å²) in [4.78, 5) is 20.6. The van der Waals surface area contributed by atoms with Crippen molar-refractivity contribution in [1.82, 2.24) is 9.97 Å². The normalized spacial score (nSPS) is 11.2. The standard InChI is InChI=1S/C24H15Cl2N3O2/c25-16-5-2-6-17(26)22(16)24(31)29-19-8-1-4-14-13(10-11-27-23(14)19)15-12-28-18-7-3-9-20(30)21(15)18/h1-12,28,30H,(H,29,31). The average molecular weight is 448 g/mol. The Balaban J connectivity index is 1.64. The SMILES string of the molecule is O=C(Nc1cccc2c(-c3c[nH]c4cccc(O)c34)ccnc12)c1c(Cl)cccc1Cl. The topological polar surface area (TPSA) is 78.0 Å². The molecule has 3 N–H and O–H groups in total. The number of carbonyl (C=O) groups excluding carboxylic acids is 1. The lowest BCUT2D eigenvalue weighted by atomic mass is 9.99. The van der Waals surface area contributed by atoms with Gasteiger partial charge < -0.3 is 15.4 Å². The molecule has 2 heterocycles. The Bertz CT molecular complexity index is 1460. The van der Waals surface area contributed by atoms with Crippen molar-refractivity contribution in [2.24, 2.45) is 0 Å². The third-order valence-corrected chi connectivity index (χ3v) is 5.81. The number of hydrogen-bond acceptors (Lipinski definition) is 3. The zero-order chi connectivity index (χ0) is 21.5. The highest BCUT2D eigenvalue weighted by Crippen LogP contribution is 2.38. The van der Waals surface area contributed by atoms with Gasteiger partial charge in [0.15, 0.2) is 0 Å². The van der Waals surface area contributed by atoms with Gasteiger partial charge in [-0.25, -0.2) is 0 Å². The van der Waals surface area contributed by atoms with Gasteiger partial charge in [0.2, 0.25) is 0 Å². The highest BCUT2D eigenvalue weighted by molar-refractivity contribution is 6.40. The first-order valence-corrected chi connectivity index (χ1v) is 10.2. The van der Waals surface area contributed by atoms with E-state index in [1.165, 1.54) is 0 Å². The number of nitrogens with one attached hydrogen (secondary N) is 2. The number of aromatic hydroxyl groups is 1. The van der Waals surface area contributed by atoms with Crippen LogP contribution in [0.2, 0.25) is 10.0 Å². The van der Waals surface area contributed by atoms with E-state index in [4.69, 9.17) is 23.2 Å². The molecule has 5 aromatic rings. The summed E-state index contributed by atoms with van der Waals surface area (Å²) in [5.74, 6) is -0.225. The maximum absolute atomic E-state index is 12.9. The molecule has 0 fully saturated rings. The number of phenolic OH excluding ortho intramolecular Hbond substituents is 1. The van der Waals surface area contributed by atoms with Crippen LogP contribution in [-0.2, 0) is 0 Å². The van der Waals surface area contributed by atoms with Gasteiger partial charge in [0.05, 0.1) is 26.8 Å². The molecule has 7 heteroatoms. The Hall–Kier alpha value is -3.54. The third-order valence-electron chi connectivity index (χ3n) is 5.18. The van der Waals surface area contributed by atoms with Crippen molar-refractivity contribution in [2.45, 2.75) is 0 Å². The number of fused-ring (bicyclic) bond motifs is 2. The molecule has 5 rings (SSSR count). The molecular weight excluding hydrogens is 433 g/mol. The molecule has 1 amide bonds. The largest absolute Gasteiger partial charge is 0.507 e. The van der Waals surface area contributed by atoms with Crippen molar-refractivity contribution in [3.8, 4) is 16.9 Å². The van der Waals surface area contributed by atoms with Crippen LogP contribution in [0.15, 0.2) is 73.1 Å². The second-order valence-electron chi connectivity index (χ2n) is 7.01. The Labute approximate surface area is 187 Å². The minimum atomic E-state index is -0.417. The molecule has 0 aliphatic heterocycles. The lowest BCUT2D eigenvalue weighted by molar-refractivity contribution is 0.102. The summed E-state index contributed by atoms with van der Waals surface area (Å²) in [6.45, 7) is 0. The lowest BCUT2D eigenvalue weighted by Crippen LogP contribution is -2.13. The second kappa shape index (κ2) is 7.61. The first-order chi connectivity index (χ1) is 15.0. The van der Waals surface area contributed by atoms with Crippen LogP contribution in [0, 0.1) is 0 Å². The molecule has 0 saturated carbocycles. The number of aromatic amines is 1. The smallest absolute Gasteiger partial charge is 0.258 e. The molecule has 0 bridgehead atoms. The molecule has 0 unspecified atom stereocenters. The summed E-state index contributed by atoms with van der Waals surface area (Å²) < 4.78 is 0. The molecule has 5 nitrogen and oxygen atoms in total. The van der Waals surface area contributed by atoms with Crippen LogP contribution in [0.25, 0.3) is 32.9 Å². The van der Waals surface area contributed by atoms with E-state index in [1.54, 1.807) is 42.6 Å². The van der Waals surface area contributed by atoms with Gasteiger partial charge in [-0.1, -0.05) is 47.5 Å². The number of anilines is 1. The number of rotatable bonds is 3. The van der Waals surface area contributed by atoms with Crippen LogP contribution in [0.3, 0.4) is 0 Å². The average Bonchev–Trinajstić information content (AvgIpc) is 3.19. The summed E-state index contributed by atoms with van der Waals surface area (Å²) in [5.41, 5.74) is 3.91. The minimum absolute atomic E-state index is 0.191. The van der Waals surface area contributed by atoms with E-state index in [0.717, 1.165) is 27.4 Å². The van der Waals surface area contributed by atoms with Crippen LogP contribution >= 0.6 is 23.2 Å². The maximum Gasteiger partial charge on any atom is 0.258 e. The van der Waals surface area contributed by atoms with E-state index in [-0.39, 0.29) is 21.4 Å². The van der Waals surface area contributed by atoms with E-state index < -0.39 is 5.91 Å². The van der Waals surface area contributed by atoms with Crippen molar-refractivity contribution in [3.63, 3.8) is 0 Å². The van der Waals surface area contributed by atoms with Crippen molar-refractivity contribution in [2.75, 3.05) is 5.32 Å². The van der Waals surface area contributed by atoms with E-state index in [1.807, 2.05) is 30.5 Å². The highest BCUT2D eigenvalue weighted by atomic mass is 35.5. The van der Waals surface area contributed by atoms with E-state index in [2.05, 4.69) is 15.3 Å². The van der Waals surface area contributed by atoms with E-state index >= 15 is 0 Å². The molecule has 3 aromatic carbocycles. The minimum Gasteiger partial charge on any atom is -0.507 e.